The van der Waals surface area contributed by atoms with Crippen LogP contribution in [0.2, 0.25) is 5.02 Å². The number of aromatic nitrogens is 3. The van der Waals surface area contributed by atoms with Crippen LogP contribution in [-0.2, 0) is 33.4 Å². The quantitative estimate of drug-likeness (QED) is 0.0501. The number of aliphatic hydroxyl groups is 3. The summed E-state index contributed by atoms with van der Waals surface area (Å²) in [5, 5.41) is 45.1. The predicted molar refractivity (Wildman–Crippen MR) is 286 cm³/mol. The van der Waals surface area contributed by atoms with Gasteiger partial charge in [-0.2, -0.15) is 0 Å². The van der Waals surface area contributed by atoms with Gasteiger partial charge in [0.05, 0.1) is 30.3 Å². The van der Waals surface area contributed by atoms with Crippen molar-refractivity contribution in [3.05, 3.63) is 85.8 Å². The molecule has 74 heavy (non-hydrogen) atoms. The van der Waals surface area contributed by atoms with Gasteiger partial charge in [0, 0.05) is 57.0 Å². The van der Waals surface area contributed by atoms with Crippen LogP contribution in [0, 0.1) is 55.8 Å². The number of fused-ring (bicyclic) bond motifs is 8. The molecule has 14 nitrogen and oxygen atoms in total. The van der Waals surface area contributed by atoms with Crippen molar-refractivity contribution in [1.82, 2.24) is 14.8 Å². The Hall–Kier alpha value is -4.54. The lowest BCUT2D eigenvalue weighted by Gasteiger charge is -2.50. The molecule has 0 radical (unpaired) electrons. The molecule has 0 spiro atoms. The summed E-state index contributed by atoms with van der Waals surface area (Å²) >= 11 is 7.82. The van der Waals surface area contributed by atoms with Gasteiger partial charge in [-0.15, -0.1) is 21.5 Å². The minimum Gasteiger partial charge on any atom is -0.465 e. The summed E-state index contributed by atoms with van der Waals surface area (Å²) in [5.74, 6) is -2.67. The van der Waals surface area contributed by atoms with Crippen LogP contribution in [0.3, 0.4) is 0 Å². The maximum absolute atomic E-state index is 13.4. The van der Waals surface area contributed by atoms with Gasteiger partial charge in [0.2, 0.25) is 0 Å². The van der Waals surface area contributed by atoms with Crippen molar-refractivity contribution in [2.24, 2.45) is 40.0 Å². The largest absolute Gasteiger partial charge is 0.465 e. The van der Waals surface area contributed by atoms with E-state index < -0.39 is 63.3 Å². The fraction of sp³-hybridized carbons (Fsp3) is 0.638. The number of ether oxygens (including phenoxy) is 3. The third kappa shape index (κ3) is 10.8. The van der Waals surface area contributed by atoms with Crippen molar-refractivity contribution >= 4 is 52.3 Å². The van der Waals surface area contributed by atoms with Crippen molar-refractivity contribution in [1.29, 1.82) is 0 Å². The van der Waals surface area contributed by atoms with Crippen LogP contribution in [0.1, 0.15) is 179 Å². The molecule has 1 aromatic carbocycles. The zero-order chi connectivity index (χ0) is 54.3. The van der Waals surface area contributed by atoms with Crippen molar-refractivity contribution < 1.29 is 48.7 Å². The molecule has 0 saturated heterocycles. The summed E-state index contributed by atoms with van der Waals surface area (Å²) in [6, 6.07) is 7.11. The average molecular weight is 1060 g/mol. The standard InChI is InChI=1S/C35H54O8.C23H25ClN4O2S/c1-7-9-10-11-12-13-14-15-28(37)43-34-18-24(5)35(41)26(29(34)32(34,6)21-42-31(39)22(3)8-2)17-25(20-36)19-33(40)27(35)16-23(4)30(33)38;1-12-13(2)31-22-19(12)20(15-7-9-16(24)10-8-15)25-17(11-18(29)30-23(4,5)6)21-27-26-14(3)28(21)22/h16-17,22,24,26-27,29,36,40-41H,7-15,18-21H2,1-6H3;7-10,17H,11H2,1-6H3/t22?,24-,26+,27-,29-,32-,33-,34+,35-;17-/m10/s1. The van der Waals surface area contributed by atoms with E-state index in [2.05, 4.69) is 31.0 Å². The number of unbranched alkanes of at least 4 members (excludes halogenated alkanes) is 6. The van der Waals surface area contributed by atoms with Gasteiger partial charge in [-0.3, -0.25) is 28.7 Å². The number of aliphatic imine (C=N–C) groups is 1. The molecule has 3 aromatic rings. The molecule has 16 heteroatoms. The third-order valence-electron chi connectivity index (χ3n) is 16.6. The van der Waals surface area contributed by atoms with Crippen LogP contribution in [0.4, 0.5) is 0 Å². The lowest BCUT2D eigenvalue weighted by Crippen LogP contribution is -2.61. The van der Waals surface area contributed by atoms with E-state index in [-0.39, 0.29) is 49.9 Å². The maximum Gasteiger partial charge on any atom is 0.308 e. The number of Topliss-reactive ketones (excluding diaryl/α,β-unsaturated/α-hetero) is 1. The highest BCUT2D eigenvalue weighted by atomic mass is 35.5. The SMILES string of the molecule is CCCCCCCCCC(=O)O[C@@]12C[C@@H](C)[C@@]3(O)[C@@H](C=C(CO)C[C@]4(O)C(=O)C(C)=C[C@@H]34)[C@@H]1[C@@]2(C)COC(=O)C(C)CC.Cc1sc2c(c1C)C(c1ccc(Cl)cc1)=N[C@@H](CC(=O)OC(C)(C)C)c1nnc(C)n1-2. The number of carbonyl (C=O) groups excluding carboxylic acids is 4. The van der Waals surface area contributed by atoms with Gasteiger partial charge in [-0.25, -0.2) is 0 Å². The van der Waals surface area contributed by atoms with Crippen LogP contribution in [0.5, 0.6) is 0 Å². The van der Waals surface area contributed by atoms with Gasteiger partial charge in [-0.05, 0) is 102 Å². The minimum absolute atomic E-state index is 0.0237. The Morgan fingerprint density at radius 1 is 0.959 bits per heavy atom. The van der Waals surface area contributed by atoms with Gasteiger partial charge < -0.3 is 29.5 Å². The van der Waals surface area contributed by atoms with Crippen molar-refractivity contribution in [3.63, 3.8) is 0 Å². The van der Waals surface area contributed by atoms with Crippen LogP contribution in [0.15, 0.2) is 52.6 Å². The number of aliphatic hydroxyl groups excluding tert-OH is 1. The highest BCUT2D eigenvalue weighted by Crippen LogP contribution is 2.77. The summed E-state index contributed by atoms with van der Waals surface area (Å²) < 4.78 is 19.9. The van der Waals surface area contributed by atoms with Crippen molar-refractivity contribution in [3.8, 4) is 5.00 Å². The Balaban J connectivity index is 0.000000227. The molecule has 3 heterocycles. The number of thiophene rings is 1. The Morgan fingerprint density at radius 3 is 2.26 bits per heavy atom. The Kier molecular flexibility index (Phi) is 17.2. The fourth-order valence-electron chi connectivity index (χ4n) is 12.3. The number of hydrogen-bond donors (Lipinski definition) is 3. The summed E-state index contributed by atoms with van der Waals surface area (Å²) in [5.41, 5.74) is -0.933. The summed E-state index contributed by atoms with van der Waals surface area (Å²) in [4.78, 5) is 58.4. The highest BCUT2D eigenvalue weighted by molar-refractivity contribution is 7.15. The van der Waals surface area contributed by atoms with Crippen molar-refractivity contribution in [2.45, 2.75) is 189 Å². The first-order valence-corrected chi connectivity index (χ1v) is 28.0. The van der Waals surface area contributed by atoms with Crippen LogP contribution < -0.4 is 0 Å². The number of esters is 3. The molecule has 10 atom stereocenters. The smallest absolute Gasteiger partial charge is 0.308 e. The predicted octanol–water partition coefficient (Wildman–Crippen LogP) is 10.8. The zero-order valence-electron chi connectivity index (χ0n) is 45.6. The molecule has 1 unspecified atom stereocenters. The topological polar surface area (TPSA) is 200 Å². The number of aryl methyl sites for hydroxylation is 2. The lowest BCUT2D eigenvalue weighted by molar-refractivity contribution is -0.187. The number of ketones is 1. The average Bonchev–Trinajstić information content (AvgIpc) is 3.50. The first-order valence-electron chi connectivity index (χ1n) is 26.8. The lowest BCUT2D eigenvalue weighted by atomic mass is 9.60. The molecule has 8 rings (SSSR count). The van der Waals surface area contributed by atoms with E-state index in [1.165, 1.54) is 24.1 Å². The molecule has 0 amide bonds. The number of nitrogens with zero attached hydrogens (tertiary/aromatic N) is 4. The van der Waals surface area contributed by atoms with E-state index in [0.717, 1.165) is 58.9 Å². The van der Waals surface area contributed by atoms with E-state index in [9.17, 15) is 34.5 Å². The molecule has 0 bridgehead atoms. The molecule has 4 aliphatic carbocycles. The maximum atomic E-state index is 13.4. The van der Waals surface area contributed by atoms with Gasteiger partial charge in [0.25, 0.3) is 0 Å². The molecular weight excluding hydrogens is 980 g/mol. The van der Waals surface area contributed by atoms with E-state index in [1.54, 1.807) is 30.4 Å². The van der Waals surface area contributed by atoms with Gasteiger partial charge >= 0.3 is 17.9 Å². The van der Waals surface area contributed by atoms with E-state index in [0.29, 0.717) is 41.3 Å². The molecule has 1 aliphatic heterocycles. The Morgan fingerprint density at radius 2 is 1.62 bits per heavy atom. The molecule has 2 aromatic heterocycles. The van der Waals surface area contributed by atoms with Gasteiger partial charge in [-0.1, -0.05) is 109 Å². The van der Waals surface area contributed by atoms with Crippen LogP contribution in [-0.4, -0.2) is 95.1 Å². The molecule has 2 fully saturated rings. The second kappa shape index (κ2) is 22.2. The van der Waals surface area contributed by atoms with Crippen LogP contribution in [0.25, 0.3) is 5.00 Å². The summed E-state index contributed by atoms with van der Waals surface area (Å²) in [6.07, 6.45) is 12.3. The number of benzene rings is 1. The monoisotopic (exact) mass is 1060 g/mol. The molecule has 5 aliphatic rings. The molecular formula is C58H79ClN4O10S. The first-order chi connectivity index (χ1) is 34.8. The fourth-order valence-corrected chi connectivity index (χ4v) is 13.6. The van der Waals surface area contributed by atoms with Crippen LogP contribution >= 0.6 is 22.9 Å². The minimum atomic E-state index is -1.86. The molecule has 3 N–H and O–H groups in total. The number of carbonyl (C=O) groups is 4. The van der Waals surface area contributed by atoms with Crippen molar-refractivity contribution in [2.75, 3.05) is 13.2 Å². The number of halogens is 1. The van der Waals surface area contributed by atoms with Gasteiger partial charge in [0.15, 0.2) is 11.6 Å². The Labute approximate surface area is 446 Å². The van der Waals surface area contributed by atoms with E-state index >= 15 is 0 Å². The second-order valence-corrected chi connectivity index (χ2v) is 24.6. The van der Waals surface area contributed by atoms with Gasteiger partial charge in [0.1, 0.15) is 40.3 Å². The summed E-state index contributed by atoms with van der Waals surface area (Å²) in [6.45, 7) is 22.7. The second-order valence-electron chi connectivity index (χ2n) is 23.0. The molecule has 404 valence electrons. The third-order valence-corrected chi connectivity index (χ3v) is 18.1. The highest BCUT2D eigenvalue weighted by Gasteiger charge is 2.85. The number of rotatable bonds is 17. The summed E-state index contributed by atoms with van der Waals surface area (Å²) in [7, 11) is 0. The zero-order valence-corrected chi connectivity index (χ0v) is 47.2. The number of hydrogen-bond acceptors (Lipinski definition) is 14. The van der Waals surface area contributed by atoms with E-state index in [4.69, 9.17) is 30.8 Å². The normalized spacial score (nSPS) is 29.0. The Bertz CT molecular complexity index is 2700. The first kappa shape index (κ1) is 57.2. The van der Waals surface area contributed by atoms with E-state index in [1.807, 2.05) is 84.2 Å². The molecule has 2 saturated carbocycles.